The maximum absolute atomic E-state index is 4.85. The van der Waals surface area contributed by atoms with Crippen LogP contribution < -0.4 is 0 Å². The monoisotopic (exact) mass is 166 g/mol. The van der Waals surface area contributed by atoms with E-state index in [-0.39, 0.29) is 0 Å². The first-order chi connectivity index (χ1) is 2.77. The van der Waals surface area contributed by atoms with E-state index in [1.165, 1.54) is 21.5 Å². The molecule has 0 heterocycles. The number of rotatable bonds is 2. The fraction of sp³-hybridized carbons (Fsp3) is 1.00. The van der Waals surface area contributed by atoms with E-state index in [1.54, 1.807) is 0 Å². The summed E-state index contributed by atoms with van der Waals surface area (Å²) in [7, 11) is 0. The molecule has 0 aliphatic rings. The average Bonchev–Trinajstić information content (AvgIpc) is 1.35. The summed E-state index contributed by atoms with van der Waals surface area (Å²) in [5, 5.41) is 0. The van der Waals surface area contributed by atoms with E-state index in [1.807, 2.05) is 0 Å². The van der Waals surface area contributed by atoms with Gasteiger partial charge in [0.05, 0.1) is 0 Å². The molecule has 1 nitrogen and oxygen atoms in total. The Labute approximate surface area is 51.5 Å². The molecule has 0 saturated carbocycles. The summed E-state index contributed by atoms with van der Waals surface area (Å²) in [6.45, 7) is 5.17. The van der Waals surface area contributed by atoms with Gasteiger partial charge >= 0.3 is 51.1 Å². The molecule has 0 atom stereocenters. The van der Waals surface area contributed by atoms with E-state index in [0.717, 1.165) is 6.61 Å². The molecule has 0 aromatic carbocycles. The molecule has 0 aliphatic heterocycles. The molecule has 0 aromatic heterocycles. The van der Waals surface area contributed by atoms with Crippen LogP contribution >= 0.6 is 0 Å². The molecule has 0 aromatic rings. The molecule has 0 spiro atoms. The van der Waals surface area contributed by atoms with E-state index in [9.17, 15) is 0 Å². The summed E-state index contributed by atoms with van der Waals surface area (Å²) < 4.78 is 4.85. The van der Waals surface area contributed by atoms with E-state index < -0.39 is 0 Å². The van der Waals surface area contributed by atoms with Gasteiger partial charge in [-0.05, 0) is 0 Å². The summed E-state index contributed by atoms with van der Waals surface area (Å²) in [6, 6.07) is 0. The fourth-order valence-corrected chi connectivity index (χ4v) is 0.882. The van der Waals surface area contributed by atoms with E-state index in [0.29, 0.717) is 5.92 Å². The zero-order chi connectivity index (χ0) is 4.99. The first-order valence-electron chi connectivity index (χ1n) is 2.03. The number of hydrogen-bond acceptors (Lipinski definition) is 1. The molecule has 0 saturated heterocycles. The molecule has 0 fully saturated rings. The van der Waals surface area contributed by atoms with Crippen LogP contribution in [0.2, 0.25) is 0 Å². The van der Waals surface area contributed by atoms with Crippen molar-refractivity contribution in [2.45, 2.75) is 13.8 Å². The molecule has 36 valence electrons. The van der Waals surface area contributed by atoms with Crippen molar-refractivity contribution < 1.29 is 24.7 Å². The van der Waals surface area contributed by atoms with Crippen molar-refractivity contribution in [2.24, 2.45) is 5.92 Å². The molecule has 0 rings (SSSR count). The van der Waals surface area contributed by atoms with Crippen molar-refractivity contribution in [3.05, 3.63) is 0 Å². The Balaban J connectivity index is 2.63. The molecule has 0 radical (unpaired) electrons. The average molecular weight is 166 g/mol. The van der Waals surface area contributed by atoms with E-state index in [2.05, 4.69) is 13.8 Å². The minimum atomic E-state index is 0.688. The van der Waals surface area contributed by atoms with E-state index in [4.69, 9.17) is 3.24 Å². The Morgan fingerprint density at radius 1 is 1.67 bits per heavy atom. The second-order valence-electron chi connectivity index (χ2n) is 1.69. The second-order valence-corrected chi connectivity index (χ2v) is 2.32. The van der Waals surface area contributed by atoms with Gasteiger partial charge in [0.25, 0.3) is 0 Å². The zero-order valence-electron chi connectivity index (χ0n) is 4.14. The van der Waals surface area contributed by atoms with Crippen molar-refractivity contribution in [3.8, 4) is 0 Å². The summed E-state index contributed by atoms with van der Waals surface area (Å²) in [6.07, 6.45) is 0. The predicted molar refractivity (Wildman–Crippen MR) is 20.8 cm³/mol. The van der Waals surface area contributed by atoms with Gasteiger partial charge in [-0.2, -0.15) is 0 Å². The summed E-state index contributed by atoms with van der Waals surface area (Å²) >= 11 is 1.42. The van der Waals surface area contributed by atoms with Crippen molar-refractivity contribution in [2.75, 3.05) is 6.61 Å². The second kappa shape index (κ2) is 3.88. The van der Waals surface area contributed by atoms with Crippen LogP contribution in [0.1, 0.15) is 13.8 Å². The Morgan fingerprint density at radius 2 is 2.17 bits per heavy atom. The summed E-state index contributed by atoms with van der Waals surface area (Å²) in [5.41, 5.74) is 0. The van der Waals surface area contributed by atoms with Gasteiger partial charge in [0.15, 0.2) is 0 Å². The van der Waals surface area contributed by atoms with Gasteiger partial charge in [0.1, 0.15) is 0 Å². The van der Waals surface area contributed by atoms with Gasteiger partial charge in [0.2, 0.25) is 0 Å². The molecular formula is C4H9NbO. The van der Waals surface area contributed by atoms with Crippen LogP contribution in [0.4, 0.5) is 0 Å². The number of hydrogen-bond donors (Lipinski definition) is 0. The van der Waals surface area contributed by atoms with Gasteiger partial charge in [0, 0.05) is 0 Å². The van der Waals surface area contributed by atoms with Gasteiger partial charge in [-0.3, -0.25) is 0 Å². The van der Waals surface area contributed by atoms with Gasteiger partial charge in [-0.1, -0.05) is 0 Å². The first kappa shape index (κ1) is 6.70. The van der Waals surface area contributed by atoms with Crippen molar-refractivity contribution in [1.29, 1.82) is 0 Å². The molecular weight excluding hydrogens is 157 g/mol. The Bertz CT molecular complexity index is 28.7. The molecule has 0 N–H and O–H groups in total. The van der Waals surface area contributed by atoms with Crippen LogP contribution in [0, 0.1) is 5.92 Å². The maximum atomic E-state index is 4.85. The van der Waals surface area contributed by atoms with Gasteiger partial charge in [-0.15, -0.1) is 0 Å². The Kier molecular flexibility index (Phi) is 4.33. The first-order valence-corrected chi connectivity index (χ1v) is 2.93. The standard InChI is InChI=1S/C4H9O.Nb/c1-4(2)3-5;/h4H,3H2,1-2H3;/q-1;+1. The van der Waals surface area contributed by atoms with Crippen LogP contribution in [-0.2, 0) is 24.7 Å². The molecule has 2 heteroatoms. The molecule has 0 aliphatic carbocycles. The predicted octanol–water partition coefficient (Wildman–Crippen LogP) is 1.12. The molecule has 6 heavy (non-hydrogen) atoms. The van der Waals surface area contributed by atoms with Crippen LogP contribution in [0.25, 0.3) is 0 Å². The Morgan fingerprint density at radius 3 is 2.17 bits per heavy atom. The SMILES string of the molecule is CC(C)C[O][Nb]. The normalized spacial score (nSPS) is 9.83. The third-order valence-electron chi connectivity index (χ3n) is 0.408. The van der Waals surface area contributed by atoms with Crippen LogP contribution in [0.3, 0.4) is 0 Å². The Hall–Kier alpha value is 0.700. The zero-order valence-corrected chi connectivity index (χ0v) is 6.34. The summed E-state index contributed by atoms with van der Waals surface area (Å²) in [4.78, 5) is 0. The molecule has 0 unspecified atom stereocenters. The van der Waals surface area contributed by atoms with Crippen molar-refractivity contribution >= 4 is 0 Å². The topological polar surface area (TPSA) is 9.23 Å². The van der Waals surface area contributed by atoms with Crippen LogP contribution in [0.5, 0.6) is 0 Å². The fourth-order valence-electron chi connectivity index (χ4n) is 0.149. The molecule has 0 amide bonds. The quantitative estimate of drug-likeness (QED) is 0.558. The summed E-state index contributed by atoms with van der Waals surface area (Å²) in [5.74, 6) is 0.688. The van der Waals surface area contributed by atoms with Gasteiger partial charge < -0.3 is 0 Å². The van der Waals surface area contributed by atoms with Gasteiger partial charge in [-0.25, -0.2) is 0 Å². The van der Waals surface area contributed by atoms with Crippen LogP contribution in [0.15, 0.2) is 0 Å². The van der Waals surface area contributed by atoms with Crippen LogP contribution in [-0.4, -0.2) is 6.61 Å². The van der Waals surface area contributed by atoms with E-state index >= 15 is 0 Å². The molecule has 0 bridgehead atoms. The third kappa shape index (κ3) is 4.70. The third-order valence-corrected chi connectivity index (χ3v) is 0.774. The van der Waals surface area contributed by atoms with Crippen molar-refractivity contribution in [1.82, 2.24) is 0 Å². The van der Waals surface area contributed by atoms with Crippen molar-refractivity contribution in [3.63, 3.8) is 0 Å². The minimum absolute atomic E-state index is 0.688.